The highest BCUT2D eigenvalue weighted by Gasteiger charge is 2.25. The number of aryl methyl sites for hydroxylation is 1. The van der Waals surface area contributed by atoms with E-state index in [0.717, 1.165) is 5.56 Å². The van der Waals surface area contributed by atoms with E-state index in [1.54, 1.807) is 30.3 Å². The summed E-state index contributed by atoms with van der Waals surface area (Å²) in [5.74, 6) is -0.185. The molecule has 1 heterocycles. The van der Waals surface area contributed by atoms with Crippen molar-refractivity contribution >= 4 is 29.2 Å². The Morgan fingerprint density at radius 2 is 2.00 bits per heavy atom. The van der Waals surface area contributed by atoms with Crippen LogP contribution in [0.3, 0.4) is 0 Å². The summed E-state index contributed by atoms with van der Waals surface area (Å²) in [5.41, 5.74) is 2.07. The van der Waals surface area contributed by atoms with Gasteiger partial charge in [-0.05, 0) is 36.8 Å². The monoisotopic (exact) mass is 398 g/mol. The molecule has 0 aliphatic carbocycles. The Balaban J connectivity index is 1.50. The minimum Gasteiger partial charge on any atom is -0.495 e. The maximum Gasteiger partial charge on any atom is 0.308 e. The van der Waals surface area contributed by atoms with Crippen LogP contribution >= 0.6 is 0 Å². The molecule has 3 rings (SSSR count). The fraction of sp³-hybridized carbons (Fsp3) is 0.286. The van der Waals surface area contributed by atoms with Crippen LogP contribution in [-0.4, -0.2) is 44.7 Å². The minimum atomic E-state index is -0.576. The number of amides is 2. The van der Waals surface area contributed by atoms with Gasteiger partial charge in [0, 0.05) is 6.54 Å². The molecule has 152 valence electrons. The number of nitrogens with zero attached hydrogens (tertiary/aromatic N) is 1. The van der Waals surface area contributed by atoms with Crippen LogP contribution in [0.5, 0.6) is 11.5 Å². The average Bonchev–Trinajstić information content (AvgIpc) is 2.71. The van der Waals surface area contributed by atoms with Crippen LogP contribution in [0.1, 0.15) is 12.0 Å². The number of ether oxygens (including phenoxy) is 3. The summed E-state index contributed by atoms with van der Waals surface area (Å²) < 4.78 is 15.6. The standard InChI is InChI=1S/C21H22N2O6/c1-14-7-8-17(27-2)15(11-14)22-19(24)12-29-21(26)9-10-23-16-5-3-4-6-18(16)28-13-20(23)25/h3-8,11H,9-10,12-13H2,1-2H3,(H,22,24). The number of para-hydroxylation sites is 2. The van der Waals surface area contributed by atoms with Crippen molar-refractivity contribution in [3.8, 4) is 11.5 Å². The van der Waals surface area contributed by atoms with E-state index in [0.29, 0.717) is 22.9 Å². The zero-order valence-corrected chi connectivity index (χ0v) is 16.3. The number of rotatable bonds is 7. The van der Waals surface area contributed by atoms with E-state index in [1.807, 2.05) is 19.1 Å². The summed E-state index contributed by atoms with van der Waals surface area (Å²) in [6, 6.07) is 12.5. The maximum absolute atomic E-state index is 12.1. The number of carbonyl (C=O) groups is 3. The van der Waals surface area contributed by atoms with Gasteiger partial charge in [-0.25, -0.2) is 0 Å². The molecule has 0 saturated carbocycles. The smallest absolute Gasteiger partial charge is 0.308 e. The Morgan fingerprint density at radius 3 is 2.79 bits per heavy atom. The van der Waals surface area contributed by atoms with Crippen molar-refractivity contribution in [3.63, 3.8) is 0 Å². The molecule has 0 radical (unpaired) electrons. The molecule has 8 nitrogen and oxygen atoms in total. The second kappa shape index (κ2) is 9.09. The first-order valence-corrected chi connectivity index (χ1v) is 9.10. The number of methoxy groups -OCH3 is 1. The van der Waals surface area contributed by atoms with Gasteiger partial charge in [0.1, 0.15) is 11.5 Å². The van der Waals surface area contributed by atoms with Gasteiger partial charge in [-0.15, -0.1) is 0 Å². The first-order chi connectivity index (χ1) is 14.0. The lowest BCUT2D eigenvalue weighted by Gasteiger charge is -2.28. The van der Waals surface area contributed by atoms with Gasteiger partial charge in [-0.1, -0.05) is 18.2 Å². The van der Waals surface area contributed by atoms with Crippen LogP contribution in [0, 0.1) is 6.92 Å². The number of carbonyl (C=O) groups excluding carboxylic acids is 3. The Hall–Kier alpha value is -3.55. The molecule has 0 aromatic heterocycles. The summed E-state index contributed by atoms with van der Waals surface area (Å²) in [6.07, 6.45) is -0.0406. The fourth-order valence-electron chi connectivity index (χ4n) is 2.93. The van der Waals surface area contributed by atoms with Gasteiger partial charge in [-0.3, -0.25) is 14.4 Å². The van der Waals surface area contributed by atoms with E-state index in [1.165, 1.54) is 12.0 Å². The molecular weight excluding hydrogens is 376 g/mol. The largest absolute Gasteiger partial charge is 0.495 e. The number of fused-ring (bicyclic) bond motifs is 1. The molecule has 1 aliphatic heterocycles. The van der Waals surface area contributed by atoms with Gasteiger partial charge in [0.2, 0.25) is 0 Å². The molecular formula is C21H22N2O6. The molecule has 0 bridgehead atoms. The van der Waals surface area contributed by atoms with Crippen LogP contribution in [0.15, 0.2) is 42.5 Å². The Morgan fingerprint density at radius 1 is 1.21 bits per heavy atom. The third-order valence-electron chi connectivity index (χ3n) is 4.34. The number of benzene rings is 2. The van der Waals surface area contributed by atoms with E-state index in [4.69, 9.17) is 14.2 Å². The molecule has 0 saturated heterocycles. The third-order valence-corrected chi connectivity index (χ3v) is 4.34. The van der Waals surface area contributed by atoms with Crippen molar-refractivity contribution in [2.45, 2.75) is 13.3 Å². The van der Waals surface area contributed by atoms with Crippen molar-refractivity contribution in [2.24, 2.45) is 0 Å². The molecule has 2 amide bonds. The highest BCUT2D eigenvalue weighted by atomic mass is 16.5. The topological polar surface area (TPSA) is 94.2 Å². The van der Waals surface area contributed by atoms with Crippen LogP contribution in [0.4, 0.5) is 11.4 Å². The van der Waals surface area contributed by atoms with Crippen molar-refractivity contribution < 1.29 is 28.6 Å². The average molecular weight is 398 g/mol. The molecule has 0 spiro atoms. The van der Waals surface area contributed by atoms with Gasteiger partial charge >= 0.3 is 5.97 Å². The second-order valence-electron chi connectivity index (χ2n) is 6.46. The van der Waals surface area contributed by atoms with E-state index in [9.17, 15) is 14.4 Å². The third kappa shape index (κ3) is 5.04. The lowest BCUT2D eigenvalue weighted by Crippen LogP contribution is -2.40. The molecule has 0 atom stereocenters. The number of nitrogens with one attached hydrogen (secondary N) is 1. The predicted octanol–water partition coefficient (Wildman–Crippen LogP) is 2.30. The van der Waals surface area contributed by atoms with Crippen molar-refractivity contribution in [1.82, 2.24) is 0 Å². The molecule has 0 unspecified atom stereocenters. The van der Waals surface area contributed by atoms with Gasteiger partial charge in [0.25, 0.3) is 11.8 Å². The number of esters is 1. The van der Waals surface area contributed by atoms with E-state index in [2.05, 4.69) is 5.32 Å². The lowest BCUT2D eigenvalue weighted by atomic mass is 10.2. The van der Waals surface area contributed by atoms with Crippen molar-refractivity contribution in [3.05, 3.63) is 48.0 Å². The van der Waals surface area contributed by atoms with Gasteiger partial charge < -0.3 is 24.4 Å². The summed E-state index contributed by atoms with van der Waals surface area (Å²) in [6.45, 7) is 1.53. The molecule has 2 aromatic rings. The zero-order valence-electron chi connectivity index (χ0n) is 16.3. The van der Waals surface area contributed by atoms with Crippen LogP contribution in [-0.2, 0) is 19.1 Å². The SMILES string of the molecule is COc1ccc(C)cc1NC(=O)COC(=O)CCN1C(=O)COc2ccccc21. The summed E-state index contributed by atoms with van der Waals surface area (Å²) in [4.78, 5) is 37.7. The molecule has 2 aromatic carbocycles. The number of hydrogen-bond donors (Lipinski definition) is 1. The number of hydrogen-bond acceptors (Lipinski definition) is 6. The predicted molar refractivity (Wildman–Crippen MR) is 106 cm³/mol. The van der Waals surface area contributed by atoms with Gasteiger partial charge in [0.05, 0.1) is 24.9 Å². The number of anilines is 2. The zero-order chi connectivity index (χ0) is 20.8. The highest BCUT2D eigenvalue weighted by molar-refractivity contribution is 5.98. The quantitative estimate of drug-likeness (QED) is 0.720. The maximum atomic E-state index is 12.1. The Kier molecular flexibility index (Phi) is 6.33. The van der Waals surface area contributed by atoms with Crippen LogP contribution in [0.2, 0.25) is 0 Å². The fourth-order valence-corrected chi connectivity index (χ4v) is 2.93. The first-order valence-electron chi connectivity index (χ1n) is 9.10. The first kappa shape index (κ1) is 20.2. The molecule has 0 fully saturated rings. The van der Waals surface area contributed by atoms with Crippen molar-refractivity contribution in [2.75, 3.05) is 37.1 Å². The molecule has 8 heteroatoms. The Bertz CT molecular complexity index is 927. The van der Waals surface area contributed by atoms with E-state index >= 15 is 0 Å². The summed E-state index contributed by atoms with van der Waals surface area (Å²) in [5, 5.41) is 2.66. The summed E-state index contributed by atoms with van der Waals surface area (Å²) in [7, 11) is 1.51. The van der Waals surface area contributed by atoms with Crippen LogP contribution in [0.25, 0.3) is 0 Å². The van der Waals surface area contributed by atoms with E-state index in [-0.39, 0.29) is 25.5 Å². The summed E-state index contributed by atoms with van der Waals surface area (Å²) >= 11 is 0. The molecule has 1 aliphatic rings. The van der Waals surface area contributed by atoms with Crippen LogP contribution < -0.4 is 19.7 Å². The highest BCUT2D eigenvalue weighted by Crippen LogP contribution is 2.31. The molecule has 29 heavy (non-hydrogen) atoms. The Labute approximate surface area is 168 Å². The van der Waals surface area contributed by atoms with Crippen molar-refractivity contribution in [1.29, 1.82) is 0 Å². The second-order valence-corrected chi connectivity index (χ2v) is 6.46. The molecule has 1 N–H and O–H groups in total. The normalized spacial score (nSPS) is 12.6. The lowest BCUT2D eigenvalue weighted by molar-refractivity contribution is -0.147. The minimum absolute atomic E-state index is 0.0406. The van der Waals surface area contributed by atoms with Gasteiger partial charge in [-0.2, -0.15) is 0 Å². The van der Waals surface area contributed by atoms with E-state index < -0.39 is 18.5 Å². The van der Waals surface area contributed by atoms with Gasteiger partial charge in [0.15, 0.2) is 13.2 Å².